The van der Waals surface area contributed by atoms with Gasteiger partial charge in [-0.25, -0.2) is 13.8 Å². The van der Waals surface area contributed by atoms with Gasteiger partial charge in [0.05, 0.1) is 39.8 Å². The van der Waals surface area contributed by atoms with Crippen molar-refractivity contribution < 1.29 is 22.7 Å². The van der Waals surface area contributed by atoms with E-state index < -0.39 is 22.5 Å². The van der Waals surface area contributed by atoms with Gasteiger partial charge in [0.2, 0.25) is 10.0 Å². The van der Waals surface area contributed by atoms with Crippen LogP contribution >= 0.6 is 39.1 Å². The van der Waals surface area contributed by atoms with Gasteiger partial charge in [-0.15, -0.1) is 0 Å². The second-order valence-electron chi connectivity index (χ2n) is 8.88. The van der Waals surface area contributed by atoms with Gasteiger partial charge in [-0.2, -0.15) is 5.10 Å². The molecule has 0 aliphatic heterocycles. The van der Waals surface area contributed by atoms with Crippen molar-refractivity contribution in [1.29, 1.82) is 0 Å². The molecule has 0 fully saturated rings. The number of carbonyl (C=O) groups is 1. The van der Waals surface area contributed by atoms with Crippen molar-refractivity contribution in [2.75, 3.05) is 24.2 Å². The van der Waals surface area contributed by atoms with Crippen molar-refractivity contribution in [3.8, 4) is 11.5 Å². The van der Waals surface area contributed by atoms with Crippen molar-refractivity contribution in [3.05, 3.63) is 85.8 Å². The summed E-state index contributed by atoms with van der Waals surface area (Å²) in [5, 5.41) is 4.86. The summed E-state index contributed by atoms with van der Waals surface area (Å²) in [7, 11) is -2.20. The Labute approximate surface area is 247 Å². The molecule has 1 amide bonds. The highest BCUT2D eigenvalue weighted by Crippen LogP contribution is 2.37. The fourth-order valence-corrected chi connectivity index (χ4v) is 5.26. The van der Waals surface area contributed by atoms with Gasteiger partial charge in [-0.05, 0) is 74.9 Å². The molecule has 0 saturated carbocycles. The van der Waals surface area contributed by atoms with Crippen LogP contribution in [0.3, 0.4) is 0 Å². The third-order valence-corrected chi connectivity index (χ3v) is 8.03. The minimum absolute atomic E-state index is 0.229. The lowest BCUT2D eigenvalue weighted by molar-refractivity contribution is -0.119. The second-order valence-corrected chi connectivity index (χ2v) is 12.5. The molecule has 8 nitrogen and oxygen atoms in total. The summed E-state index contributed by atoms with van der Waals surface area (Å²) in [6.45, 7) is 3.89. The molecule has 39 heavy (non-hydrogen) atoms. The molecule has 0 radical (unpaired) electrons. The van der Waals surface area contributed by atoms with Crippen LogP contribution in [0.5, 0.6) is 11.5 Å². The fourth-order valence-electron chi connectivity index (χ4n) is 3.51. The highest BCUT2D eigenvalue weighted by atomic mass is 79.9. The van der Waals surface area contributed by atoms with Gasteiger partial charge in [0, 0.05) is 0 Å². The van der Waals surface area contributed by atoms with Crippen LogP contribution in [-0.2, 0) is 21.4 Å². The lowest BCUT2D eigenvalue weighted by Gasteiger charge is -2.21. The van der Waals surface area contributed by atoms with E-state index >= 15 is 0 Å². The first-order valence-electron chi connectivity index (χ1n) is 11.7. The number of halogens is 3. The maximum Gasteiger partial charge on any atom is 0.260 e. The molecule has 0 saturated heterocycles. The Morgan fingerprint density at radius 1 is 1.10 bits per heavy atom. The number of anilines is 1. The Morgan fingerprint density at radius 3 is 2.38 bits per heavy atom. The smallest absolute Gasteiger partial charge is 0.260 e. The second kappa shape index (κ2) is 13.5. The molecule has 3 aromatic carbocycles. The molecule has 0 aromatic heterocycles. The van der Waals surface area contributed by atoms with Crippen LogP contribution in [0, 0.1) is 0 Å². The van der Waals surface area contributed by atoms with E-state index in [9.17, 15) is 13.2 Å². The largest absolute Gasteiger partial charge is 0.493 e. The molecule has 0 spiro atoms. The Morgan fingerprint density at radius 2 is 1.79 bits per heavy atom. The summed E-state index contributed by atoms with van der Waals surface area (Å²) in [6, 6.07) is 15.7. The van der Waals surface area contributed by atoms with E-state index in [-0.39, 0.29) is 6.61 Å². The van der Waals surface area contributed by atoms with Gasteiger partial charge in [0.15, 0.2) is 11.5 Å². The number of nitrogens with zero attached hydrogens (tertiary/aromatic N) is 2. The van der Waals surface area contributed by atoms with Crippen molar-refractivity contribution >= 4 is 67.0 Å². The molecule has 3 aromatic rings. The van der Waals surface area contributed by atoms with Crippen LogP contribution in [0.25, 0.3) is 0 Å². The van der Waals surface area contributed by atoms with E-state index in [1.807, 2.05) is 32.0 Å². The number of hydrogen-bond acceptors (Lipinski definition) is 6. The third kappa shape index (κ3) is 8.60. The molecule has 0 heterocycles. The minimum Gasteiger partial charge on any atom is -0.493 e. The SMILES string of the molecule is COc1cc(/C=N\NC(=O)CN(c2ccc(C(C)C)cc2)S(C)(=O)=O)cc(Br)c1OCc1ccc(Cl)c(Cl)c1. The fraction of sp³-hybridized carbons (Fsp3) is 0.259. The highest BCUT2D eigenvalue weighted by Gasteiger charge is 2.21. The zero-order valence-corrected chi connectivity index (χ0v) is 25.7. The Hall–Kier alpha value is -2.79. The number of hydrogen-bond donors (Lipinski definition) is 1. The number of sulfonamides is 1. The summed E-state index contributed by atoms with van der Waals surface area (Å²) in [5.41, 5.74) is 5.26. The summed E-state index contributed by atoms with van der Waals surface area (Å²) < 4.78 is 37.7. The van der Waals surface area contributed by atoms with Gasteiger partial charge in [-0.1, -0.05) is 55.2 Å². The van der Waals surface area contributed by atoms with E-state index in [4.69, 9.17) is 32.7 Å². The van der Waals surface area contributed by atoms with Crippen molar-refractivity contribution in [1.82, 2.24) is 5.43 Å². The van der Waals surface area contributed by atoms with E-state index in [0.717, 1.165) is 21.7 Å². The normalized spacial score (nSPS) is 11.6. The van der Waals surface area contributed by atoms with Crippen LogP contribution < -0.4 is 19.2 Å². The van der Waals surface area contributed by atoms with Crippen molar-refractivity contribution in [2.24, 2.45) is 5.10 Å². The Kier molecular flexibility index (Phi) is 10.7. The standard InChI is InChI=1S/C27H28BrCl2N3O5S/c1-17(2)20-6-8-21(9-7-20)33(39(4,35)36)15-26(34)32-31-14-19-11-22(28)27(25(13-19)37-3)38-16-18-5-10-23(29)24(30)12-18/h5-14,17H,15-16H2,1-4H3,(H,32,34)/b31-14-. The van der Waals surface area contributed by atoms with Gasteiger partial charge >= 0.3 is 0 Å². The molecular formula is C27H28BrCl2N3O5S. The summed E-state index contributed by atoms with van der Waals surface area (Å²) >= 11 is 15.5. The number of rotatable bonds is 11. The number of ether oxygens (including phenoxy) is 2. The van der Waals surface area contributed by atoms with Crippen molar-refractivity contribution in [2.45, 2.75) is 26.4 Å². The molecule has 0 aliphatic carbocycles. The highest BCUT2D eigenvalue weighted by molar-refractivity contribution is 9.10. The lowest BCUT2D eigenvalue weighted by atomic mass is 10.0. The zero-order valence-electron chi connectivity index (χ0n) is 21.7. The molecule has 0 aliphatic rings. The average molecular weight is 657 g/mol. The van der Waals surface area contributed by atoms with E-state index in [1.54, 1.807) is 36.4 Å². The van der Waals surface area contributed by atoms with Gasteiger partial charge in [0.25, 0.3) is 5.91 Å². The first-order valence-corrected chi connectivity index (χ1v) is 15.1. The predicted octanol–water partition coefficient (Wildman–Crippen LogP) is 6.38. The van der Waals surface area contributed by atoms with Gasteiger partial charge < -0.3 is 9.47 Å². The van der Waals surface area contributed by atoms with E-state index in [1.165, 1.54) is 13.3 Å². The number of methoxy groups -OCH3 is 1. The lowest BCUT2D eigenvalue weighted by Crippen LogP contribution is -2.39. The van der Waals surface area contributed by atoms with Gasteiger partial charge in [0.1, 0.15) is 13.2 Å². The zero-order chi connectivity index (χ0) is 28.7. The van der Waals surface area contributed by atoms with Crippen LogP contribution in [0.4, 0.5) is 5.69 Å². The summed E-state index contributed by atoms with van der Waals surface area (Å²) in [4.78, 5) is 12.5. The monoisotopic (exact) mass is 655 g/mol. The van der Waals surface area contributed by atoms with Crippen LogP contribution in [0.1, 0.15) is 36.5 Å². The number of hydrazone groups is 1. The summed E-state index contributed by atoms with van der Waals surface area (Å²) in [5.74, 6) is 0.602. The molecule has 0 bridgehead atoms. The molecule has 12 heteroatoms. The van der Waals surface area contributed by atoms with E-state index in [2.05, 4.69) is 26.5 Å². The first-order chi connectivity index (χ1) is 18.4. The molecular weight excluding hydrogens is 629 g/mol. The minimum atomic E-state index is -3.70. The molecule has 0 unspecified atom stereocenters. The Bertz CT molecular complexity index is 1460. The maximum absolute atomic E-state index is 12.5. The third-order valence-electron chi connectivity index (χ3n) is 5.56. The van der Waals surface area contributed by atoms with Crippen LogP contribution in [0.2, 0.25) is 10.0 Å². The maximum atomic E-state index is 12.5. The van der Waals surface area contributed by atoms with Crippen LogP contribution in [0.15, 0.2) is 64.2 Å². The van der Waals surface area contributed by atoms with Crippen LogP contribution in [-0.4, -0.2) is 40.4 Å². The number of amides is 1. The molecule has 0 atom stereocenters. The van der Waals surface area contributed by atoms with E-state index in [0.29, 0.717) is 43.2 Å². The Balaban J connectivity index is 1.68. The first kappa shape index (κ1) is 30.7. The number of nitrogens with one attached hydrogen (secondary N) is 1. The van der Waals surface area contributed by atoms with Crippen molar-refractivity contribution in [3.63, 3.8) is 0 Å². The number of benzene rings is 3. The topological polar surface area (TPSA) is 97.3 Å². The molecule has 208 valence electrons. The molecule has 1 N–H and O–H groups in total. The molecule has 3 rings (SSSR count). The average Bonchev–Trinajstić information content (AvgIpc) is 2.87. The van der Waals surface area contributed by atoms with Gasteiger partial charge in [-0.3, -0.25) is 9.10 Å². The summed E-state index contributed by atoms with van der Waals surface area (Å²) in [6.07, 6.45) is 2.46. The quantitative estimate of drug-likeness (QED) is 0.191. The predicted molar refractivity (Wildman–Crippen MR) is 160 cm³/mol. The number of carbonyl (C=O) groups excluding carboxylic acids is 1.